The van der Waals surface area contributed by atoms with E-state index in [4.69, 9.17) is 23.2 Å². The first-order valence-corrected chi connectivity index (χ1v) is 7.54. The van der Waals surface area contributed by atoms with Crippen molar-refractivity contribution in [3.05, 3.63) is 22.2 Å². The van der Waals surface area contributed by atoms with Crippen LogP contribution < -0.4 is 0 Å². The molecule has 0 atom stereocenters. The molecule has 1 aromatic carbocycles. The quantitative estimate of drug-likeness (QED) is 0.865. The van der Waals surface area contributed by atoms with Gasteiger partial charge in [-0.3, -0.25) is 0 Å². The average molecular weight is 294 g/mol. The van der Waals surface area contributed by atoms with Crippen LogP contribution in [-0.4, -0.2) is 35.4 Å². The van der Waals surface area contributed by atoms with E-state index >= 15 is 0 Å². The van der Waals surface area contributed by atoms with Crippen LogP contribution in [0.15, 0.2) is 12.1 Å². The standard InChI is InChI=1S/C9H9Cl2N3O2S/c1-17(15,16)3-2-14-9-5-7(11)6(10)4-8(9)12-13-14/h4-5H,2-3H2,1H3. The van der Waals surface area contributed by atoms with E-state index in [1.54, 1.807) is 12.1 Å². The molecule has 17 heavy (non-hydrogen) atoms. The van der Waals surface area contributed by atoms with E-state index in [1.165, 1.54) is 10.9 Å². The molecule has 0 aliphatic carbocycles. The maximum Gasteiger partial charge on any atom is 0.149 e. The van der Waals surface area contributed by atoms with Crippen LogP contribution in [0.25, 0.3) is 11.0 Å². The lowest BCUT2D eigenvalue weighted by molar-refractivity contribution is 0.585. The third kappa shape index (κ3) is 2.88. The van der Waals surface area contributed by atoms with Gasteiger partial charge in [0.15, 0.2) is 0 Å². The molecule has 0 saturated carbocycles. The highest BCUT2D eigenvalue weighted by atomic mass is 35.5. The van der Waals surface area contributed by atoms with Gasteiger partial charge in [-0.1, -0.05) is 28.4 Å². The van der Waals surface area contributed by atoms with Gasteiger partial charge in [0.25, 0.3) is 0 Å². The van der Waals surface area contributed by atoms with Crippen molar-refractivity contribution < 1.29 is 8.42 Å². The Balaban J connectivity index is 2.39. The highest BCUT2D eigenvalue weighted by Crippen LogP contribution is 2.26. The maximum atomic E-state index is 11.1. The number of hydrogen-bond donors (Lipinski definition) is 0. The van der Waals surface area contributed by atoms with Gasteiger partial charge < -0.3 is 0 Å². The van der Waals surface area contributed by atoms with Gasteiger partial charge >= 0.3 is 0 Å². The van der Waals surface area contributed by atoms with E-state index in [0.29, 0.717) is 21.1 Å². The molecule has 0 amide bonds. The molecule has 2 rings (SSSR count). The minimum Gasteiger partial charge on any atom is -0.244 e. The van der Waals surface area contributed by atoms with Crippen LogP contribution in [0.5, 0.6) is 0 Å². The summed E-state index contributed by atoms with van der Waals surface area (Å²) in [6.07, 6.45) is 1.18. The molecular formula is C9H9Cl2N3O2S. The van der Waals surface area contributed by atoms with Crippen LogP contribution in [-0.2, 0) is 16.4 Å². The molecule has 0 bridgehead atoms. The number of halogens is 2. The number of sulfone groups is 1. The number of aryl methyl sites for hydroxylation is 1. The van der Waals surface area contributed by atoms with Crippen molar-refractivity contribution in [2.24, 2.45) is 0 Å². The second kappa shape index (κ2) is 4.44. The summed E-state index contributed by atoms with van der Waals surface area (Å²) in [5.74, 6) is 0.00566. The third-order valence-corrected chi connectivity index (χ3v) is 3.88. The Labute approximate surface area is 108 Å². The molecule has 92 valence electrons. The van der Waals surface area contributed by atoms with Crippen LogP contribution in [0.1, 0.15) is 0 Å². The van der Waals surface area contributed by atoms with Crippen molar-refractivity contribution in [1.29, 1.82) is 0 Å². The van der Waals surface area contributed by atoms with E-state index in [0.717, 1.165) is 0 Å². The van der Waals surface area contributed by atoms with Crippen molar-refractivity contribution in [2.45, 2.75) is 6.54 Å². The molecule has 1 aromatic heterocycles. The van der Waals surface area contributed by atoms with E-state index < -0.39 is 9.84 Å². The van der Waals surface area contributed by atoms with Gasteiger partial charge in [-0.2, -0.15) is 0 Å². The largest absolute Gasteiger partial charge is 0.244 e. The van der Waals surface area contributed by atoms with Gasteiger partial charge in [-0.25, -0.2) is 13.1 Å². The highest BCUT2D eigenvalue weighted by Gasteiger charge is 2.10. The molecular weight excluding hydrogens is 285 g/mol. The summed E-state index contributed by atoms with van der Waals surface area (Å²) in [5.41, 5.74) is 1.26. The molecule has 0 aliphatic rings. The lowest BCUT2D eigenvalue weighted by Gasteiger charge is -2.01. The van der Waals surface area contributed by atoms with Crippen LogP contribution in [0, 0.1) is 0 Å². The lowest BCUT2D eigenvalue weighted by Crippen LogP contribution is -2.12. The number of aromatic nitrogens is 3. The monoisotopic (exact) mass is 293 g/mol. The van der Waals surface area contributed by atoms with Crippen LogP contribution in [0.2, 0.25) is 10.0 Å². The molecule has 0 aliphatic heterocycles. The topological polar surface area (TPSA) is 64.8 Å². The Bertz CT molecular complexity index is 666. The molecule has 1 heterocycles. The number of benzene rings is 1. The predicted octanol–water partition coefficient (Wildman–Crippen LogP) is 1.78. The Morgan fingerprint density at radius 3 is 2.59 bits per heavy atom. The van der Waals surface area contributed by atoms with Crippen molar-refractivity contribution in [3.63, 3.8) is 0 Å². The zero-order valence-corrected chi connectivity index (χ0v) is 11.2. The normalized spacial score (nSPS) is 12.2. The molecule has 0 unspecified atom stereocenters. The molecule has 0 N–H and O–H groups in total. The number of fused-ring (bicyclic) bond motifs is 1. The highest BCUT2D eigenvalue weighted by molar-refractivity contribution is 7.90. The fourth-order valence-corrected chi connectivity index (χ4v) is 2.20. The molecule has 8 heteroatoms. The molecule has 0 fully saturated rings. The molecule has 5 nitrogen and oxygen atoms in total. The second-order valence-electron chi connectivity index (χ2n) is 3.70. The summed E-state index contributed by atoms with van der Waals surface area (Å²) in [7, 11) is -3.03. The SMILES string of the molecule is CS(=O)(=O)CCn1nnc2cc(Cl)c(Cl)cc21. The second-order valence-corrected chi connectivity index (χ2v) is 6.77. The van der Waals surface area contributed by atoms with Gasteiger partial charge in [0.05, 0.1) is 27.9 Å². The van der Waals surface area contributed by atoms with Crippen molar-refractivity contribution >= 4 is 44.1 Å². The van der Waals surface area contributed by atoms with E-state index in [1.807, 2.05) is 0 Å². The minimum absolute atomic E-state index is 0.00566. The van der Waals surface area contributed by atoms with Gasteiger partial charge in [0.2, 0.25) is 0 Å². The van der Waals surface area contributed by atoms with E-state index in [-0.39, 0.29) is 12.3 Å². The number of rotatable bonds is 3. The van der Waals surface area contributed by atoms with Crippen LogP contribution in [0.3, 0.4) is 0 Å². The fraction of sp³-hybridized carbons (Fsp3) is 0.333. The molecule has 2 aromatic rings. The molecule has 0 radical (unpaired) electrons. The molecule has 0 saturated heterocycles. The summed E-state index contributed by atoms with van der Waals surface area (Å²) >= 11 is 11.7. The minimum atomic E-state index is -3.03. The first-order valence-electron chi connectivity index (χ1n) is 4.73. The van der Waals surface area contributed by atoms with Gasteiger partial charge in [-0.05, 0) is 12.1 Å². The Morgan fingerprint density at radius 1 is 1.29 bits per heavy atom. The number of hydrogen-bond acceptors (Lipinski definition) is 4. The zero-order chi connectivity index (χ0) is 12.6. The van der Waals surface area contributed by atoms with E-state index in [9.17, 15) is 8.42 Å². The van der Waals surface area contributed by atoms with Crippen molar-refractivity contribution in [3.8, 4) is 0 Å². The van der Waals surface area contributed by atoms with Crippen LogP contribution in [0.4, 0.5) is 0 Å². The summed E-state index contributed by atoms with van der Waals surface area (Å²) in [4.78, 5) is 0. The van der Waals surface area contributed by atoms with Crippen molar-refractivity contribution in [1.82, 2.24) is 15.0 Å². The lowest BCUT2D eigenvalue weighted by atomic mass is 10.3. The summed E-state index contributed by atoms with van der Waals surface area (Å²) in [6.45, 7) is 0.243. The van der Waals surface area contributed by atoms with Crippen LogP contribution >= 0.6 is 23.2 Å². The summed E-state index contributed by atoms with van der Waals surface area (Å²) in [6, 6.07) is 3.23. The fourth-order valence-electron chi connectivity index (χ4n) is 1.38. The Hall–Kier alpha value is -0.850. The summed E-state index contributed by atoms with van der Waals surface area (Å²) in [5, 5.41) is 8.55. The predicted molar refractivity (Wildman–Crippen MR) is 67.3 cm³/mol. The Kier molecular flexibility index (Phi) is 3.29. The first kappa shape index (κ1) is 12.6. The number of nitrogens with zero attached hydrogens (tertiary/aromatic N) is 3. The van der Waals surface area contributed by atoms with Gasteiger partial charge in [0.1, 0.15) is 15.4 Å². The third-order valence-electron chi connectivity index (χ3n) is 2.23. The maximum absolute atomic E-state index is 11.1. The smallest absolute Gasteiger partial charge is 0.149 e. The Morgan fingerprint density at radius 2 is 1.94 bits per heavy atom. The summed E-state index contributed by atoms with van der Waals surface area (Å²) < 4.78 is 23.6. The van der Waals surface area contributed by atoms with Gasteiger partial charge in [-0.15, -0.1) is 5.10 Å². The molecule has 0 spiro atoms. The van der Waals surface area contributed by atoms with Crippen molar-refractivity contribution in [2.75, 3.05) is 12.0 Å². The first-order chi connectivity index (χ1) is 7.87. The zero-order valence-electron chi connectivity index (χ0n) is 8.89. The average Bonchev–Trinajstić information content (AvgIpc) is 2.57. The van der Waals surface area contributed by atoms with Gasteiger partial charge in [0, 0.05) is 6.26 Å². The van der Waals surface area contributed by atoms with E-state index in [2.05, 4.69) is 10.3 Å².